The van der Waals surface area contributed by atoms with Gasteiger partial charge in [0.25, 0.3) is 0 Å². The number of hydrogen-bond acceptors (Lipinski definition) is 5. The average Bonchev–Trinajstić information content (AvgIpc) is 2.62. The predicted octanol–water partition coefficient (Wildman–Crippen LogP) is 2.27. The molecule has 27 heavy (non-hydrogen) atoms. The fraction of sp³-hybridized carbons (Fsp3) is 0.474. The van der Waals surface area contributed by atoms with Gasteiger partial charge in [0.05, 0.1) is 24.4 Å². The zero-order valence-electron chi connectivity index (χ0n) is 15.9. The molecule has 1 aromatic carbocycles. The van der Waals surface area contributed by atoms with E-state index < -0.39 is 17.0 Å². The van der Waals surface area contributed by atoms with Crippen molar-refractivity contribution in [3.63, 3.8) is 0 Å². The molecule has 146 valence electrons. The number of fused-ring (bicyclic) bond motifs is 1. The van der Waals surface area contributed by atoms with Gasteiger partial charge >= 0.3 is 5.97 Å². The summed E-state index contributed by atoms with van der Waals surface area (Å²) in [6.07, 6.45) is 1.60. The summed E-state index contributed by atoms with van der Waals surface area (Å²) in [7, 11) is 3.36. The highest BCUT2D eigenvalue weighted by Gasteiger charge is 2.36. The van der Waals surface area contributed by atoms with E-state index in [1.807, 2.05) is 7.05 Å². The smallest absolute Gasteiger partial charge is 0.341 e. The Morgan fingerprint density at radius 2 is 2.11 bits per heavy atom. The zero-order valence-corrected chi connectivity index (χ0v) is 15.9. The van der Waals surface area contributed by atoms with Crippen molar-refractivity contribution in [2.75, 3.05) is 32.1 Å². The quantitative estimate of drug-likeness (QED) is 0.850. The lowest BCUT2D eigenvalue weighted by atomic mass is 9.79. The number of piperidine rings is 1. The molecule has 0 aliphatic carbocycles. The molecule has 7 nitrogen and oxygen atoms in total. The number of anilines is 1. The Hall–Kier alpha value is -2.61. The van der Waals surface area contributed by atoms with Gasteiger partial charge in [-0.15, -0.1) is 0 Å². The topological polar surface area (TPSA) is 83.8 Å². The molecule has 1 aromatic heterocycles. The van der Waals surface area contributed by atoms with Crippen LogP contribution in [0.1, 0.15) is 30.6 Å². The van der Waals surface area contributed by atoms with Crippen LogP contribution in [-0.2, 0) is 0 Å². The van der Waals surface area contributed by atoms with Crippen molar-refractivity contribution in [1.82, 2.24) is 10.1 Å². The number of hydrogen-bond donors (Lipinski definition) is 2. The molecular weight excluding hydrogens is 353 g/mol. The van der Waals surface area contributed by atoms with Gasteiger partial charge in [-0.05, 0) is 31.0 Å². The summed E-state index contributed by atoms with van der Waals surface area (Å²) in [5.41, 5.74) is -0.739. The first kappa shape index (κ1) is 19.2. The molecule has 0 saturated carbocycles. The van der Waals surface area contributed by atoms with E-state index in [1.54, 1.807) is 6.07 Å². The van der Waals surface area contributed by atoms with Gasteiger partial charge in [-0.3, -0.25) is 4.79 Å². The second-order valence-electron chi connectivity index (χ2n) is 7.54. The van der Waals surface area contributed by atoms with Gasteiger partial charge in [-0.2, -0.15) is 4.79 Å². The highest BCUT2D eigenvalue weighted by molar-refractivity contribution is 5.96. The molecule has 8 heteroatoms. The minimum atomic E-state index is -1.47. The second kappa shape index (κ2) is 6.84. The third kappa shape index (κ3) is 3.14. The molecule has 0 bridgehead atoms. The standard InChI is InChI=1S/C19H24FN3O4/c1-19(2)10-22(8-7-14(19)21-3)13-6-5-11-15(17(13)27-4)23(20)9-12(16(11)24)18(25)26/h5-6,9,14,21H,7-8,10H2,1-4H3,(H,25,26). The summed E-state index contributed by atoms with van der Waals surface area (Å²) >= 11 is 0. The molecule has 2 aromatic rings. The predicted molar refractivity (Wildman–Crippen MR) is 102 cm³/mol. The molecule has 1 aliphatic heterocycles. The number of halogens is 1. The van der Waals surface area contributed by atoms with Crippen LogP contribution in [-0.4, -0.2) is 49.2 Å². The molecular formula is C19H24FN3O4. The number of carboxylic acid groups (broad SMARTS) is 1. The van der Waals surface area contributed by atoms with E-state index in [4.69, 9.17) is 9.84 Å². The Labute approximate surface area is 156 Å². The van der Waals surface area contributed by atoms with Gasteiger partial charge in [0, 0.05) is 19.1 Å². The molecule has 0 radical (unpaired) electrons. The Kier molecular flexibility index (Phi) is 4.86. The van der Waals surface area contributed by atoms with Gasteiger partial charge in [0.2, 0.25) is 5.43 Å². The number of rotatable bonds is 4. The van der Waals surface area contributed by atoms with E-state index >= 15 is 0 Å². The number of pyridine rings is 1. The van der Waals surface area contributed by atoms with E-state index in [-0.39, 0.29) is 26.9 Å². The van der Waals surface area contributed by atoms with Crippen molar-refractivity contribution < 1.29 is 19.1 Å². The monoisotopic (exact) mass is 377 g/mol. The highest BCUT2D eigenvalue weighted by atomic mass is 19.2. The number of ether oxygens (including phenoxy) is 1. The van der Waals surface area contributed by atoms with Crippen LogP contribution in [0.5, 0.6) is 5.75 Å². The summed E-state index contributed by atoms with van der Waals surface area (Å²) in [5.74, 6) is -1.24. The number of nitrogens with zero attached hydrogens (tertiary/aromatic N) is 2. The van der Waals surface area contributed by atoms with Crippen molar-refractivity contribution in [2.45, 2.75) is 26.3 Å². The van der Waals surface area contributed by atoms with E-state index in [2.05, 4.69) is 24.1 Å². The SMILES string of the molecule is CNC1CCN(c2ccc3c(=O)c(C(=O)O)cn(F)c3c2OC)CC1(C)C. The lowest BCUT2D eigenvalue weighted by Crippen LogP contribution is -2.53. The van der Waals surface area contributed by atoms with Crippen molar-refractivity contribution in [2.24, 2.45) is 5.41 Å². The maximum Gasteiger partial charge on any atom is 0.341 e. The normalized spacial score (nSPS) is 19.3. The van der Waals surface area contributed by atoms with Crippen molar-refractivity contribution in [1.29, 1.82) is 0 Å². The third-order valence-electron chi connectivity index (χ3n) is 5.41. The average molecular weight is 377 g/mol. The van der Waals surface area contributed by atoms with Crippen molar-refractivity contribution in [3.8, 4) is 5.75 Å². The van der Waals surface area contributed by atoms with Gasteiger partial charge in [0.15, 0.2) is 5.75 Å². The summed E-state index contributed by atoms with van der Waals surface area (Å²) in [5, 5.41) is 12.4. The molecule has 1 unspecified atom stereocenters. The minimum Gasteiger partial charge on any atom is -0.492 e. The van der Waals surface area contributed by atoms with Crippen molar-refractivity contribution >= 4 is 22.6 Å². The molecule has 2 N–H and O–H groups in total. The van der Waals surface area contributed by atoms with Crippen LogP contribution in [0.25, 0.3) is 10.9 Å². The van der Waals surface area contributed by atoms with Crippen LogP contribution in [0.4, 0.5) is 10.2 Å². The summed E-state index contributed by atoms with van der Waals surface area (Å²) in [6, 6.07) is 3.52. The minimum absolute atomic E-state index is 0.0183. The summed E-state index contributed by atoms with van der Waals surface area (Å²) in [4.78, 5) is 25.9. The maximum absolute atomic E-state index is 14.7. The van der Waals surface area contributed by atoms with Crippen LogP contribution < -0.4 is 20.4 Å². The number of nitrogens with one attached hydrogen (secondary N) is 1. The number of aromatic nitrogens is 1. The molecule has 3 rings (SSSR count). The third-order valence-corrected chi connectivity index (χ3v) is 5.41. The number of aromatic carboxylic acids is 1. The molecule has 0 spiro atoms. The van der Waals surface area contributed by atoms with Gasteiger partial charge in [-0.1, -0.05) is 18.3 Å². The number of methoxy groups -OCH3 is 1. The Morgan fingerprint density at radius 3 is 2.67 bits per heavy atom. The zero-order chi connectivity index (χ0) is 19.9. The molecule has 2 heterocycles. The Bertz CT molecular complexity index is 954. The first-order chi connectivity index (χ1) is 12.7. The molecule has 1 fully saturated rings. The molecule has 0 amide bonds. The number of benzene rings is 1. The van der Waals surface area contributed by atoms with Crippen LogP contribution in [0.2, 0.25) is 0 Å². The lowest BCUT2D eigenvalue weighted by molar-refractivity contribution is 0.0693. The number of carboxylic acids is 1. The van der Waals surface area contributed by atoms with Gasteiger partial charge in [0.1, 0.15) is 11.1 Å². The van der Waals surface area contributed by atoms with E-state index in [1.165, 1.54) is 13.2 Å². The van der Waals surface area contributed by atoms with Gasteiger partial charge in [-0.25, -0.2) is 4.79 Å². The molecule has 1 atom stereocenters. The van der Waals surface area contributed by atoms with Crippen LogP contribution in [0.3, 0.4) is 0 Å². The Morgan fingerprint density at radius 1 is 1.41 bits per heavy atom. The molecule has 1 aliphatic rings. The second-order valence-corrected chi connectivity index (χ2v) is 7.54. The van der Waals surface area contributed by atoms with Gasteiger partial charge < -0.3 is 20.1 Å². The lowest BCUT2D eigenvalue weighted by Gasteiger charge is -2.45. The largest absolute Gasteiger partial charge is 0.492 e. The van der Waals surface area contributed by atoms with E-state index in [0.29, 0.717) is 17.9 Å². The first-order valence-corrected chi connectivity index (χ1v) is 8.79. The van der Waals surface area contributed by atoms with E-state index in [9.17, 15) is 14.1 Å². The van der Waals surface area contributed by atoms with Crippen molar-refractivity contribution in [3.05, 3.63) is 34.1 Å². The number of carbonyl (C=O) groups is 1. The fourth-order valence-electron chi connectivity index (χ4n) is 4.04. The fourth-order valence-corrected chi connectivity index (χ4v) is 4.04. The summed E-state index contributed by atoms with van der Waals surface area (Å²) < 4.78 is 20.1. The van der Waals surface area contributed by atoms with Crippen LogP contribution >= 0.6 is 0 Å². The van der Waals surface area contributed by atoms with E-state index in [0.717, 1.165) is 19.5 Å². The maximum atomic E-state index is 14.7. The summed E-state index contributed by atoms with van der Waals surface area (Å²) in [6.45, 7) is 5.81. The van der Waals surface area contributed by atoms with Crippen LogP contribution in [0.15, 0.2) is 23.1 Å². The Balaban J connectivity index is 2.16. The highest BCUT2D eigenvalue weighted by Crippen LogP contribution is 2.39. The molecule has 1 saturated heterocycles. The first-order valence-electron chi connectivity index (χ1n) is 8.79. The van der Waals surface area contributed by atoms with Crippen LogP contribution in [0, 0.1) is 5.41 Å².